The molecule has 3 heterocycles. The maximum absolute atomic E-state index is 12.0. The van der Waals surface area contributed by atoms with E-state index in [2.05, 4.69) is 15.3 Å². The lowest BCUT2D eigenvalue weighted by atomic mass is 9.95. The first-order chi connectivity index (χ1) is 11.1. The largest absolute Gasteiger partial charge is 0.367 e. The fraction of sp³-hybridized carbons (Fsp3) is 0.471. The predicted molar refractivity (Wildman–Crippen MR) is 89.4 cm³/mol. The number of nitrogens with one attached hydrogen (secondary N) is 1. The third-order valence-corrected chi connectivity index (χ3v) is 5.10. The molecule has 122 valence electrons. The number of hydrogen-bond donors (Lipinski definition) is 1. The van der Waals surface area contributed by atoms with Gasteiger partial charge in [-0.05, 0) is 50.1 Å². The molecule has 3 rings (SSSR count). The highest BCUT2D eigenvalue weighted by Crippen LogP contribution is 2.32. The average molecular weight is 331 g/mol. The summed E-state index contributed by atoms with van der Waals surface area (Å²) in [5, 5.41) is 4.87. The van der Waals surface area contributed by atoms with E-state index >= 15 is 0 Å². The molecular formula is C17H21N3O2S. The van der Waals surface area contributed by atoms with E-state index in [1.807, 2.05) is 25.3 Å². The van der Waals surface area contributed by atoms with Gasteiger partial charge in [-0.3, -0.25) is 4.79 Å². The van der Waals surface area contributed by atoms with Gasteiger partial charge in [0.2, 0.25) is 0 Å². The molecule has 1 N–H and O–H groups in total. The number of thiophene rings is 1. The monoisotopic (exact) mass is 331 g/mol. The van der Waals surface area contributed by atoms with Crippen molar-refractivity contribution in [3.8, 4) is 0 Å². The number of hydrogen-bond acceptors (Lipinski definition) is 5. The van der Waals surface area contributed by atoms with E-state index in [0.29, 0.717) is 6.54 Å². The lowest BCUT2D eigenvalue weighted by Crippen LogP contribution is -2.32. The highest BCUT2D eigenvalue weighted by atomic mass is 32.1. The molecule has 0 spiro atoms. The van der Waals surface area contributed by atoms with E-state index in [-0.39, 0.29) is 11.5 Å². The number of amides is 1. The summed E-state index contributed by atoms with van der Waals surface area (Å²) in [6.45, 7) is 5.21. The minimum absolute atomic E-state index is 0.0604. The Labute approximate surface area is 140 Å². The SMILES string of the molecule is Cc1csc(C(=O)NCc2cnc(C3(C)CCCCO3)nc2)c1. The van der Waals surface area contributed by atoms with Crippen LogP contribution >= 0.6 is 11.3 Å². The van der Waals surface area contributed by atoms with E-state index in [9.17, 15) is 4.79 Å². The van der Waals surface area contributed by atoms with Gasteiger partial charge in [-0.2, -0.15) is 0 Å². The van der Waals surface area contributed by atoms with Crippen LogP contribution in [0.2, 0.25) is 0 Å². The Morgan fingerprint density at radius 3 is 2.78 bits per heavy atom. The van der Waals surface area contributed by atoms with E-state index in [0.717, 1.165) is 47.7 Å². The first-order valence-electron chi connectivity index (χ1n) is 7.85. The number of aromatic nitrogens is 2. The van der Waals surface area contributed by atoms with Crippen molar-refractivity contribution >= 4 is 17.2 Å². The molecule has 1 amide bonds. The Balaban J connectivity index is 1.60. The van der Waals surface area contributed by atoms with Crippen molar-refractivity contribution in [2.75, 3.05) is 6.61 Å². The molecule has 1 atom stereocenters. The van der Waals surface area contributed by atoms with Crippen LogP contribution < -0.4 is 5.32 Å². The van der Waals surface area contributed by atoms with Gasteiger partial charge in [0.05, 0.1) is 4.88 Å². The first kappa shape index (κ1) is 16.1. The zero-order valence-corrected chi connectivity index (χ0v) is 14.3. The second-order valence-corrected chi connectivity index (χ2v) is 7.03. The van der Waals surface area contributed by atoms with Gasteiger partial charge in [0.15, 0.2) is 5.82 Å². The summed E-state index contributed by atoms with van der Waals surface area (Å²) in [5.41, 5.74) is 1.61. The van der Waals surface area contributed by atoms with Gasteiger partial charge < -0.3 is 10.1 Å². The number of nitrogens with zero attached hydrogens (tertiary/aromatic N) is 2. The molecule has 2 aromatic heterocycles. The van der Waals surface area contributed by atoms with Crippen LogP contribution in [0.1, 0.15) is 52.8 Å². The van der Waals surface area contributed by atoms with Gasteiger partial charge in [0.1, 0.15) is 5.60 Å². The number of carbonyl (C=O) groups is 1. The van der Waals surface area contributed by atoms with Gasteiger partial charge in [0, 0.05) is 31.1 Å². The zero-order chi connectivity index (χ0) is 16.3. The molecule has 1 aliphatic heterocycles. The van der Waals surface area contributed by atoms with Crippen LogP contribution in [0.3, 0.4) is 0 Å². The molecule has 0 bridgehead atoms. The second-order valence-electron chi connectivity index (χ2n) is 6.12. The molecular weight excluding hydrogens is 310 g/mol. The lowest BCUT2D eigenvalue weighted by Gasteiger charge is -2.32. The lowest BCUT2D eigenvalue weighted by molar-refractivity contribution is -0.0760. The predicted octanol–water partition coefficient (Wildman–Crippen LogP) is 3.19. The first-order valence-corrected chi connectivity index (χ1v) is 8.73. The third kappa shape index (κ3) is 3.76. The maximum atomic E-state index is 12.0. The zero-order valence-electron chi connectivity index (χ0n) is 13.5. The Kier molecular flexibility index (Phi) is 4.73. The van der Waals surface area contributed by atoms with Crippen molar-refractivity contribution in [3.05, 3.63) is 45.7 Å². The Morgan fingerprint density at radius 1 is 1.39 bits per heavy atom. The highest BCUT2D eigenvalue weighted by Gasteiger charge is 2.32. The molecule has 2 aromatic rings. The van der Waals surface area contributed by atoms with Crippen LogP contribution in [0.15, 0.2) is 23.8 Å². The summed E-state index contributed by atoms with van der Waals surface area (Å²) in [5.74, 6) is 0.663. The van der Waals surface area contributed by atoms with Crippen molar-refractivity contribution in [3.63, 3.8) is 0 Å². The molecule has 0 aliphatic carbocycles. The van der Waals surface area contributed by atoms with Crippen LogP contribution in [0.25, 0.3) is 0 Å². The van der Waals surface area contributed by atoms with Crippen molar-refractivity contribution in [1.82, 2.24) is 15.3 Å². The Bertz CT molecular complexity index is 675. The molecule has 1 saturated heterocycles. The summed E-state index contributed by atoms with van der Waals surface area (Å²) < 4.78 is 5.86. The maximum Gasteiger partial charge on any atom is 0.261 e. The molecule has 6 heteroatoms. The summed E-state index contributed by atoms with van der Waals surface area (Å²) in [6, 6.07) is 1.89. The summed E-state index contributed by atoms with van der Waals surface area (Å²) in [7, 11) is 0. The number of rotatable bonds is 4. The molecule has 23 heavy (non-hydrogen) atoms. The van der Waals surface area contributed by atoms with E-state index in [4.69, 9.17) is 4.74 Å². The molecule has 0 saturated carbocycles. The summed E-state index contributed by atoms with van der Waals surface area (Å²) in [6.07, 6.45) is 6.72. The molecule has 0 aromatic carbocycles. The Hall–Kier alpha value is -1.79. The third-order valence-electron chi connectivity index (χ3n) is 4.05. The highest BCUT2D eigenvalue weighted by molar-refractivity contribution is 7.12. The molecule has 1 unspecified atom stereocenters. The van der Waals surface area contributed by atoms with Crippen LogP contribution in [0.4, 0.5) is 0 Å². The molecule has 1 fully saturated rings. The second kappa shape index (κ2) is 6.76. The van der Waals surface area contributed by atoms with Gasteiger partial charge in [0.25, 0.3) is 5.91 Å². The number of carbonyl (C=O) groups excluding carboxylic acids is 1. The van der Waals surface area contributed by atoms with E-state index in [1.165, 1.54) is 11.3 Å². The average Bonchev–Trinajstić information content (AvgIpc) is 3.00. The molecule has 0 radical (unpaired) electrons. The van der Waals surface area contributed by atoms with Crippen LogP contribution in [0, 0.1) is 6.92 Å². The van der Waals surface area contributed by atoms with Crippen LogP contribution in [-0.2, 0) is 16.9 Å². The topological polar surface area (TPSA) is 64.1 Å². The van der Waals surface area contributed by atoms with Crippen LogP contribution in [-0.4, -0.2) is 22.5 Å². The minimum Gasteiger partial charge on any atom is -0.367 e. The van der Waals surface area contributed by atoms with Gasteiger partial charge in [-0.25, -0.2) is 9.97 Å². The minimum atomic E-state index is -0.380. The van der Waals surface area contributed by atoms with Gasteiger partial charge >= 0.3 is 0 Å². The van der Waals surface area contributed by atoms with Gasteiger partial charge in [-0.1, -0.05) is 0 Å². The van der Waals surface area contributed by atoms with Crippen molar-refractivity contribution in [1.29, 1.82) is 0 Å². The van der Waals surface area contributed by atoms with E-state index < -0.39 is 0 Å². The summed E-state index contributed by atoms with van der Waals surface area (Å²) >= 11 is 1.45. The fourth-order valence-corrected chi connectivity index (χ4v) is 3.46. The van der Waals surface area contributed by atoms with E-state index in [1.54, 1.807) is 12.4 Å². The van der Waals surface area contributed by atoms with Gasteiger partial charge in [-0.15, -0.1) is 11.3 Å². The summed E-state index contributed by atoms with van der Waals surface area (Å²) in [4.78, 5) is 21.6. The molecule has 1 aliphatic rings. The van der Waals surface area contributed by atoms with Crippen molar-refractivity contribution in [2.45, 2.75) is 45.3 Å². The number of aryl methyl sites for hydroxylation is 1. The fourth-order valence-electron chi connectivity index (χ4n) is 2.65. The number of ether oxygens (including phenoxy) is 1. The quantitative estimate of drug-likeness (QED) is 0.934. The van der Waals surface area contributed by atoms with Crippen molar-refractivity contribution in [2.24, 2.45) is 0 Å². The standard InChI is InChI=1S/C17H21N3O2S/c1-12-7-14(23-11-12)15(21)18-8-13-9-19-16(20-10-13)17(2)5-3-4-6-22-17/h7,9-11H,3-6,8H2,1-2H3,(H,18,21). The van der Waals surface area contributed by atoms with Crippen molar-refractivity contribution < 1.29 is 9.53 Å². The normalized spacial score (nSPS) is 21.1. The van der Waals surface area contributed by atoms with Crippen LogP contribution in [0.5, 0.6) is 0 Å². The smallest absolute Gasteiger partial charge is 0.261 e. The Morgan fingerprint density at radius 2 is 2.17 bits per heavy atom. The molecule has 5 nitrogen and oxygen atoms in total.